The number of hydrogen-bond acceptors (Lipinski definition) is 4. The maximum atomic E-state index is 13.1. The van der Waals surface area contributed by atoms with Crippen molar-refractivity contribution in [3.8, 4) is 6.07 Å². The van der Waals surface area contributed by atoms with Crippen molar-refractivity contribution < 1.29 is 18.0 Å². The Morgan fingerprint density at radius 2 is 1.79 bits per heavy atom. The molecular formula is C20H25F3N4O. The highest BCUT2D eigenvalue weighted by atomic mass is 19.4. The summed E-state index contributed by atoms with van der Waals surface area (Å²) in [7, 11) is 0. The van der Waals surface area contributed by atoms with E-state index in [0.29, 0.717) is 12.8 Å². The van der Waals surface area contributed by atoms with Crippen molar-refractivity contribution in [3.63, 3.8) is 0 Å². The minimum Gasteiger partial charge on any atom is -0.366 e. The monoisotopic (exact) mass is 394 g/mol. The first-order chi connectivity index (χ1) is 12.8. The van der Waals surface area contributed by atoms with Gasteiger partial charge in [0.2, 0.25) is 0 Å². The zero-order valence-electron chi connectivity index (χ0n) is 16.4. The van der Waals surface area contributed by atoms with Crippen LogP contribution in [0.25, 0.3) is 0 Å². The van der Waals surface area contributed by atoms with Crippen molar-refractivity contribution in [2.24, 2.45) is 5.73 Å². The van der Waals surface area contributed by atoms with Crippen molar-refractivity contribution >= 4 is 11.6 Å². The van der Waals surface area contributed by atoms with E-state index in [1.54, 1.807) is 0 Å². The molecule has 1 fully saturated rings. The minimum absolute atomic E-state index is 0.0207. The number of nitriles is 1. The number of piperidine rings is 1. The molecule has 152 valence electrons. The number of hydrogen-bond donors (Lipinski definition) is 2. The number of rotatable bonds is 3. The van der Waals surface area contributed by atoms with Crippen LogP contribution in [0.15, 0.2) is 36.0 Å². The lowest BCUT2D eigenvalue weighted by Crippen LogP contribution is -2.61. The van der Waals surface area contributed by atoms with Gasteiger partial charge in [-0.2, -0.15) is 18.4 Å². The van der Waals surface area contributed by atoms with Gasteiger partial charge in [0, 0.05) is 23.3 Å². The number of anilines is 1. The lowest BCUT2D eigenvalue weighted by molar-refractivity contribution is -0.137. The molecule has 0 unspecified atom stereocenters. The Morgan fingerprint density at radius 3 is 2.29 bits per heavy atom. The number of halogens is 3. The van der Waals surface area contributed by atoms with E-state index >= 15 is 0 Å². The molecule has 1 aromatic carbocycles. The lowest BCUT2D eigenvalue weighted by atomic mass is 9.77. The number of carbonyl (C=O) groups excluding carboxylic acids is 1. The van der Waals surface area contributed by atoms with E-state index in [0.717, 1.165) is 12.1 Å². The van der Waals surface area contributed by atoms with E-state index in [4.69, 9.17) is 5.73 Å². The second-order valence-corrected chi connectivity index (χ2v) is 8.32. The summed E-state index contributed by atoms with van der Waals surface area (Å²) in [5.74, 6) is -0.888. The predicted octanol–water partition coefficient (Wildman–Crippen LogP) is 4.03. The molecule has 1 aromatic rings. The summed E-state index contributed by atoms with van der Waals surface area (Å²) >= 11 is 0. The standard InChI is InChI=1S/C20H25F3N4O/c1-18(2)9-14(25)10-19(3,4)27(18)12-13(11-24)17(28)26-16-8-6-5-7-15(16)20(21,22)23/h5-8,12,14H,9-10,25H2,1-4H3,(H,26,28)/b13-12-. The van der Waals surface area contributed by atoms with E-state index < -0.39 is 28.7 Å². The average molecular weight is 394 g/mol. The molecule has 0 saturated carbocycles. The zero-order chi connectivity index (χ0) is 21.3. The molecule has 0 atom stereocenters. The smallest absolute Gasteiger partial charge is 0.366 e. The first-order valence-corrected chi connectivity index (χ1v) is 8.92. The SMILES string of the molecule is CC1(C)CC(N)CC(C)(C)N1/C=C(/C#N)C(=O)Nc1ccccc1C(F)(F)F. The number of amides is 1. The molecular weight excluding hydrogens is 369 g/mol. The molecule has 5 nitrogen and oxygen atoms in total. The summed E-state index contributed by atoms with van der Waals surface area (Å²) in [6.07, 6.45) is -1.88. The Kier molecular flexibility index (Phi) is 5.81. The molecule has 2 rings (SSSR count). The number of nitrogens with two attached hydrogens (primary N) is 1. The number of para-hydroxylation sites is 1. The second-order valence-electron chi connectivity index (χ2n) is 8.32. The number of benzene rings is 1. The summed E-state index contributed by atoms with van der Waals surface area (Å²) in [5.41, 5.74) is 3.66. The molecule has 1 amide bonds. The number of nitrogens with one attached hydrogen (secondary N) is 1. The third-order valence-electron chi connectivity index (χ3n) is 4.93. The molecule has 1 saturated heterocycles. The molecule has 28 heavy (non-hydrogen) atoms. The van der Waals surface area contributed by atoms with Crippen LogP contribution in [0, 0.1) is 11.3 Å². The van der Waals surface area contributed by atoms with E-state index in [-0.39, 0.29) is 17.3 Å². The maximum Gasteiger partial charge on any atom is 0.418 e. The Balaban J connectivity index is 2.36. The molecule has 3 N–H and O–H groups in total. The third kappa shape index (κ3) is 4.65. The maximum absolute atomic E-state index is 13.1. The summed E-state index contributed by atoms with van der Waals surface area (Å²) in [5, 5.41) is 11.7. The quantitative estimate of drug-likeness (QED) is 0.599. The fourth-order valence-electron chi connectivity index (χ4n) is 4.02. The normalized spacial score (nSPS) is 19.8. The molecule has 1 heterocycles. The van der Waals surface area contributed by atoms with Crippen LogP contribution < -0.4 is 11.1 Å². The van der Waals surface area contributed by atoms with Gasteiger partial charge in [-0.1, -0.05) is 12.1 Å². The Labute approximate surface area is 163 Å². The molecule has 0 aromatic heterocycles. The fraction of sp³-hybridized carbons (Fsp3) is 0.500. The van der Waals surface area contributed by atoms with Crippen LogP contribution in [0.4, 0.5) is 18.9 Å². The van der Waals surface area contributed by atoms with Gasteiger partial charge in [0.15, 0.2) is 0 Å². The van der Waals surface area contributed by atoms with Crippen LogP contribution in [0.1, 0.15) is 46.1 Å². The van der Waals surface area contributed by atoms with Crippen LogP contribution in [0.5, 0.6) is 0 Å². The highest BCUT2D eigenvalue weighted by Gasteiger charge is 2.43. The number of nitrogens with zero attached hydrogens (tertiary/aromatic N) is 2. The van der Waals surface area contributed by atoms with Gasteiger partial charge in [-0.3, -0.25) is 4.79 Å². The molecule has 1 aliphatic rings. The molecule has 0 bridgehead atoms. The first-order valence-electron chi connectivity index (χ1n) is 8.92. The molecule has 0 radical (unpaired) electrons. The van der Waals surface area contributed by atoms with Gasteiger partial charge in [-0.25, -0.2) is 0 Å². The van der Waals surface area contributed by atoms with Crippen molar-refractivity contribution in [2.45, 2.75) is 63.8 Å². The summed E-state index contributed by atoms with van der Waals surface area (Å²) < 4.78 is 39.4. The highest BCUT2D eigenvalue weighted by molar-refractivity contribution is 6.06. The van der Waals surface area contributed by atoms with Crippen LogP contribution in [-0.2, 0) is 11.0 Å². The van der Waals surface area contributed by atoms with E-state index in [9.17, 15) is 23.2 Å². The number of alkyl halides is 3. The zero-order valence-corrected chi connectivity index (χ0v) is 16.4. The number of likely N-dealkylation sites (tertiary alicyclic amines) is 1. The van der Waals surface area contributed by atoms with Gasteiger partial charge >= 0.3 is 6.18 Å². The van der Waals surface area contributed by atoms with Crippen LogP contribution >= 0.6 is 0 Å². The average Bonchev–Trinajstić information content (AvgIpc) is 2.52. The summed E-state index contributed by atoms with van der Waals surface area (Å²) in [6.45, 7) is 7.82. The van der Waals surface area contributed by atoms with Gasteiger partial charge in [-0.15, -0.1) is 0 Å². The largest absolute Gasteiger partial charge is 0.418 e. The highest BCUT2D eigenvalue weighted by Crippen LogP contribution is 2.39. The van der Waals surface area contributed by atoms with Crippen LogP contribution in [0.2, 0.25) is 0 Å². The van der Waals surface area contributed by atoms with Crippen LogP contribution in [-0.4, -0.2) is 27.9 Å². The minimum atomic E-state index is -4.62. The Morgan fingerprint density at radius 1 is 1.25 bits per heavy atom. The second kappa shape index (κ2) is 7.47. The van der Waals surface area contributed by atoms with Crippen molar-refractivity contribution in [2.75, 3.05) is 5.32 Å². The first kappa shape index (κ1) is 21.8. The van der Waals surface area contributed by atoms with Gasteiger partial charge in [-0.05, 0) is 52.7 Å². The van der Waals surface area contributed by atoms with Crippen LogP contribution in [0.3, 0.4) is 0 Å². The molecule has 0 spiro atoms. The summed E-state index contributed by atoms with van der Waals surface area (Å²) in [4.78, 5) is 14.5. The van der Waals surface area contributed by atoms with Crippen molar-refractivity contribution in [1.29, 1.82) is 5.26 Å². The number of carbonyl (C=O) groups is 1. The molecule has 1 aliphatic heterocycles. The van der Waals surface area contributed by atoms with Gasteiger partial charge < -0.3 is 16.0 Å². The topological polar surface area (TPSA) is 82.2 Å². The van der Waals surface area contributed by atoms with Gasteiger partial charge in [0.25, 0.3) is 5.91 Å². The fourth-order valence-corrected chi connectivity index (χ4v) is 4.02. The van der Waals surface area contributed by atoms with E-state index in [1.165, 1.54) is 18.3 Å². The van der Waals surface area contributed by atoms with Gasteiger partial charge in [0.05, 0.1) is 11.3 Å². The van der Waals surface area contributed by atoms with Crippen molar-refractivity contribution in [1.82, 2.24) is 4.90 Å². The van der Waals surface area contributed by atoms with E-state index in [1.807, 2.05) is 38.7 Å². The molecule has 8 heteroatoms. The summed E-state index contributed by atoms with van der Waals surface area (Å²) in [6, 6.07) is 6.45. The predicted molar refractivity (Wildman–Crippen MR) is 101 cm³/mol. The third-order valence-corrected chi connectivity index (χ3v) is 4.93. The Bertz CT molecular complexity index is 803. The lowest BCUT2D eigenvalue weighted by Gasteiger charge is -2.54. The van der Waals surface area contributed by atoms with Crippen molar-refractivity contribution in [3.05, 3.63) is 41.6 Å². The van der Waals surface area contributed by atoms with E-state index in [2.05, 4.69) is 5.32 Å². The van der Waals surface area contributed by atoms with Gasteiger partial charge in [0.1, 0.15) is 11.6 Å². The molecule has 0 aliphatic carbocycles. The Hall–Kier alpha value is -2.53.